The van der Waals surface area contributed by atoms with Gasteiger partial charge in [0, 0.05) is 11.4 Å². The van der Waals surface area contributed by atoms with Gasteiger partial charge in [0.15, 0.2) is 11.5 Å². The molecule has 0 saturated carbocycles. The molecule has 0 unspecified atom stereocenters. The first-order valence-corrected chi connectivity index (χ1v) is 6.39. The molecule has 0 saturated heterocycles. The fourth-order valence-electron chi connectivity index (χ4n) is 2.02. The third-order valence-electron chi connectivity index (χ3n) is 2.86. The van der Waals surface area contributed by atoms with Crippen LogP contribution < -0.4 is 14.8 Å². The number of aryl methyl sites for hydroxylation is 2. The highest BCUT2D eigenvalue weighted by Crippen LogP contribution is 2.30. The molecule has 0 aliphatic heterocycles. The summed E-state index contributed by atoms with van der Waals surface area (Å²) in [6.45, 7) is 3.69. The standard InChI is InChI=1S/C15H17N3O3/c1-9-8-10(2)17-15(16-9)18-14(19)11-6-5-7-12(20-3)13(11)21-4/h5-8H,1-4H3,(H,16,17,18,19). The summed E-state index contributed by atoms with van der Waals surface area (Å²) in [5, 5.41) is 2.67. The van der Waals surface area contributed by atoms with Gasteiger partial charge in [0.2, 0.25) is 5.95 Å². The summed E-state index contributed by atoms with van der Waals surface area (Å²) in [6.07, 6.45) is 0. The van der Waals surface area contributed by atoms with E-state index in [0.29, 0.717) is 17.1 Å². The van der Waals surface area contributed by atoms with Crippen LogP contribution in [-0.4, -0.2) is 30.1 Å². The lowest BCUT2D eigenvalue weighted by Gasteiger charge is -2.12. The Kier molecular flexibility index (Phi) is 4.37. The number of carbonyl (C=O) groups is 1. The van der Waals surface area contributed by atoms with Crippen LogP contribution in [0.15, 0.2) is 24.3 Å². The first kappa shape index (κ1) is 14.8. The van der Waals surface area contributed by atoms with Gasteiger partial charge in [-0.05, 0) is 32.0 Å². The Morgan fingerprint density at radius 2 is 1.76 bits per heavy atom. The van der Waals surface area contributed by atoms with Crippen LogP contribution in [0.1, 0.15) is 21.7 Å². The zero-order valence-corrected chi connectivity index (χ0v) is 12.4. The lowest BCUT2D eigenvalue weighted by Crippen LogP contribution is -2.16. The van der Waals surface area contributed by atoms with Crippen LogP contribution in [0.4, 0.5) is 5.95 Å². The number of nitrogens with zero attached hydrogens (tertiary/aromatic N) is 2. The molecular weight excluding hydrogens is 270 g/mol. The number of hydrogen-bond acceptors (Lipinski definition) is 5. The maximum Gasteiger partial charge on any atom is 0.261 e. The topological polar surface area (TPSA) is 73.3 Å². The van der Waals surface area contributed by atoms with Gasteiger partial charge in [-0.3, -0.25) is 10.1 Å². The van der Waals surface area contributed by atoms with Crippen molar-refractivity contribution in [2.75, 3.05) is 19.5 Å². The molecule has 0 bridgehead atoms. The highest BCUT2D eigenvalue weighted by Gasteiger charge is 2.17. The van der Waals surface area contributed by atoms with Crippen LogP contribution >= 0.6 is 0 Å². The summed E-state index contributed by atoms with van der Waals surface area (Å²) in [6, 6.07) is 6.93. The Morgan fingerprint density at radius 1 is 1.10 bits per heavy atom. The summed E-state index contributed by atoms with van der Waals surface area (Å²) < 4.78 is 10.4. The van der Waals surface area contributed by atoms with E-state index in [1.807, 2.05) is 19.9 Å². The van der Waals surface area contributed by atoms with Gasteiger partial charge in [-0.15, -0.1) is 0 Å². The quantitative estimate of drug-likeness (QED) is 0.934. The number of anilines is 1. The van der Waals surface area contributed by atoms with Crippen LogP contribution in [0, 0.1) is 13.8 Å². The second-order valence-corrected chi connectivity index (χ2v) is 4.47. The molecule has 0 spiro atoms. The number of rotatable bonds is 4. The van der Waals surface area contributed by atoms with Crippen LogP contribution in [-0.2, 0) is 0 Å². The number of methoxy groups -OCH3 is 2. The summed E-state index contributed by atoms with van der Waals surface area (Å²) in [7, 11) is 3.01. The van der Waals surface area contributed by atoms with E-state index < -0.39 is 0 Å². The minimum Gasteiger partial charge on any atom is -0.493 e. The van der Waals surface area contributed by atoms with Crippen molar-refractivity contribution in [3.63, 3.8) is 0 Å². The molecule has 1 N–H and O–H groups in total. The molecule has 1 amide bonds. The van der Waals surface area contributed by atoms with E-state index in [1.54, 1.807) is 18.2 Å². The van der Waals surface area contributed by atoms with Gasteiger partial charge in [-0.25, -0.2) is 9.97 Å². The van der Waals surface area contributed by atoms with Crippen molar-refractivity contribution < 1.29 is 14.3 Å². The molecule has 6 nitrogen and oxygen atoms in total. The van der Waals surface area contributed by atoms with Crippen LogP contribution in [0.25, 0.3) is 0 Å². The first-order valence-electron chi connectivity index (χ1n) is 6.39. The molecule has 0 aliphatic rings. The minimum atomic E-state index is -0.351. The number of amides is 1. The van der Waals surface area contributed by atoms with Crippen molar-refractivity contribution in [1.29, 1.82) is 0 Å². The van der Waals surface area contributed by atoms with Gasteiger partial charge in [-0.1, -0.05) is 6.07 Å². The van der Waals surface area contributed by atoms with E-state index in [9.17, 15) is 4.79 Å². The maximum absolute atomic E-state index is 12.4. The summed E-state index contributed by atoms with van der Waals surface area (Å²) >= 11 is 0. The molecule has 0 radical (unpaired) electrons. The number of ether oxygens (including phenoxy) is 2. The molecule has 0 aliphatic carbocycles. The highest BCUT2D eigenvalue weighted by molar-refractivity contribution is 6.05. The van der Waals surface area contributed by atoms with Gasteiger partial charge < -0.3 is 9.47 Å². The van der Waals surface area contributed by atoms with Gasteiger partial charge in [0.25, 0.3) is 5.91 Å². The zero-order chi connectivity index (χ0) is 15.4. The fraction of sp³-hybridized carbons (Fsp3) is 0.267. The summed E-state index contributed by atoms with van der Waals surface area (Å²) in [5.41, 5.74) is 1.94. The second-order valence-electron chi connectivity index (χ2n) is 4.47. The van der Waals surface area contributed by atoms with E-state index in [0.717, 1.165) is 11.4 Å². The molecule has 0 atom stereocenters. The van der Waals surface area contributed by atoms with Crippen molar-refractivity contribution in [2.24, 2.45) is 0 Å². The monoisotopic (exact) mass is 287 g/mol. The number of carbonyl (C=O) groups excluding carboxylic acids is 1. The maximum atomic E-state index is 12.4. The van der Waals surface area contributed by atoms with Crippen molar-refractivity contribution >= 4 is 11.9 Å². The molecule has 1 aromatic heterocycles. The van der Waals surface area contributed by atoms with Gasteiger partial charge in [-0.2, -0.15) is 0 Å². The normalized spacial score (nSPS) is 10.1. The Labute approximate surface area is 123 Å². The SMILES string of the molecule is COc1cccc(C(=O)Nc2nc(C)cc(C)n2)c1OC. The van der Waals surface area contributed by atoms with Crippen molar-refractivity contribution in [2.45, 2.75) is 13.8 Å². The largest absolute Gasteiger partial charge is 0.493 e. The molecule has 0 fully saturated rings. The Hall–Kier alpha value is -2.63. The van der Waals surface area contributed by atoms with Gasteiger partial charge >= 0.3 is 0 Å². The zero-order valence-electron chi connectivity index (χ0n) is 12.4. The molecule has 2 rings (SSSR count). The average Bonchev–Trinajstić information content (AvgIpc) is 2.45. The predicted molar refractivity (Wildman–Crippen MR) is 79.0 cm³/mol. The molecule has 110 valence electrons. The van der Waals surface area contributed by atoms with E-state index >= 15 is 0 Å². The number of benzene rings is 1. The highest BCUT2D eigenvalue weighted by atomic mass is 16.5. The lowest BCUT2D eigenvalue weighted by atomic mass is 10.1. The van der Waals surface area contributed by atoms with E-state index in [-0.39, 0.29) is 11.9 Å². The fourth-order valence-corrected chi connectivity index (χ4v) is 2.02. The van der Waals surface area contributed by atoms with Gasteiger partial charge in [0.05, 0.1) is 19.8 Å². The van der Waals surface area contributed by atoms with Crippen molar-refractivity contribution in [1.82, 2.24) is 9.97 Å². The third-order valence-corrected chi connectivity index (χ3v) is 2.86. The number of nitrogens with one attached hydrogen (secondary N) is 1. The smallest absolute Gasteiger partial charge is 0.261 e. The molecule has 1 aromatic carbocycles. The van der Waals surface area contributed by atoms with Crippen molar-refractivity contribution in [3.05, 3.63) is 41.2 Å². The molecule has 1 heterocycles. The third kappa shape index (κ3) is 3.28. The van der Waals surface area contributed by atoms with Crippen molar-refractivity contribution in [3.8, 4) is 11.5 Å². The van der Waals surface area contributed by atoms with E-state index in [2.05, 4.69) is 15.3 Å². The minimum absolute atomic E-state index is 0.266. The molecule has 21 heavy (non-hydrogen) atoms. The predicted octanol–water partition coefficient (Wildman–Crippen LogP) is 2.36. The Balaban J connectivity index is 2.32. The average molecular weight is 287 g/mol. The lowest BCUT2D eigenvalue weighted by molar-refractivity contribution is 0.102. The van der Waals surface area contributed by atoms with E-state index in [4.69, 9.17) is 9.47 Å². The van der Waals surface area contributed by atoms with Gasteiger partial charge in [0.1, 0.15) is 0 Å². The van der Waals surface area contributed by atoms with Crippen LogP contribution in [0.2, 0.25) is 0 Å². The second kappa shape index (κ2) is 6.21. The molecule has 6 heteroatoms. The Bertz CT molecular complexity index is 651. The van der Waals surface area contributed by atoms with Crippen LogP contribution in [0.3, 0.4) is 0 Å². The summed E-state index contributed by atoms with van der Waals surface area (Å²) in [4.78, 5) is 20.7. The first-order chi connectivity index (χ1) is 10.0. The van der Waals surface area contributed by atoms with Crippen LogP contribution in [0.5, 0.6) is 11.5 Å². The Morgan fingerprint density at radius 3 is 2.33 bits per heavy atom. The molecule has 2 aromatic rings. The molecular formula is C15H17N3O3. The summed E-state index contributed by atoms with van der Waals surface area (Å²) in [5.74, 6) is 0.784. The number of aromatic nitrogens is 2. The number of hydrogen-bond donors (Lipinski definition) is 1. The number of para-hydroxylation sites is 1. The van der Waals surface area contributed by atoms with E-state index in [1.165, 1.54) is 14.2 Å².